The van der Waals surface area contributed by atoms with Crippen molar-refractivity contribution in [2.75, 3.05) is 19.6 Å². The summed E-state index contributed by atoms with van der Waals surface area (Å²) in [5.41, 5.74) is 1.15. The van der Waals surface area contributed by atoms with Gasteiger partial charge in [-0.15, -0.1) is 0 Å². The molecule has 0 bridgehead atoms. The first kappa shape index (κ1) is 15.7. The number of nitrogens with zero attached hydrogens (tertiary/aromatic N) is 2. The summed E-state index contributed by atoms with van der Waals surface area (Å²) in [5.74, 6) is 0. The van der Waals surface area contributed by atoms with Crippen LogP contribution in [0.2, 0.25) is 0 Å². The van der Waals surface area contributed by atoms with Gasteiger partial charge in [-0.2, -0.15) is 5.10 Å². The lowest BCUT2D eigenvalue weighted by atomic mass is 10.1. The van der Waals surface area contributed by atoms with E-state index in [-0.39, 0.29) is 7.47 Å². The van der Waals surface area contributed by atoms with Gasteiger partial charge in [-0.05, 0) is 26.3 Å². The SMILES string of the molecule is C=C/C=C(\C=C)[C@@H](C)NCCN(CC)/N=C\C.[HH]. The van der Waals surface area contributed by atoms with E-state index in [4.69, 9.17) is 0 Å². The fourth-order valence-corrected chi connectivity index (χ4v) is 1.51. The molecule has 0 saturated carbocycles. The highest BCUT2D eigenvalue weighted by atomic mass is 15.4. The number of nitrogens with one attached hydrogen (secondary N) is 1. The van der Waals surface area contributed by atoms with Crippen LogP contribution in [-0.4, -0.2) is 36.9 Å². The maximum Gasteiger partial charge on any atom is 0.0485 e. The minimum Gasteiger partial charge on any atom is -0.308 e. The van der Waals surface area contributed by atoms with Crippen molar-refractivity contribution in [1.82, 2.24) is 10.3 Å². The first-order valence-corrected chi connectivity index (χ1v) is 6.11. The van der Waals surface area contributed by atoms with Gasteiger partial charge in [0.15, 0.2) is 0 Å². The molecule has 0 unspecified atom stereocenters. The number of likely N-dealkylation sites (N-methyl/N-ethyl adjacent to an activating group) is 1. The van der Waals surface area contributed by atoms with Crippen LogP contribution >= 0.6 is 0 Å². The Hall–Kier alpha value is -1.35. The van der Waals surface area contributed by atoms with Crippen molar-refractivity contribution in [1.29, 1.82) is 0 Å². The van der Waals surface area contributed by atoms with E-state index in [1.165, 1.54) is 0 Å². The Balaban J connectivity index is 0. The number of hydrogen-bond donors (Lipinski definition) is 1. The van der Waals surface area contributed by atoms with Crippen LogP contribution in [0.5, 0.6) is 0 Å². The van der Waals surface area contributed by atoms with Gasteiger partial charge in [0, 0.05) is 33.3 Å². The average molecular weight is 237 g/mol. The lowest BCUT2D eigenvalue weighted by Gasteiger charge is -2.20. The topological polar surface area (TPSA) is 27.6 Å². The molecule has 98 valence electrons. The first-order chi connectivity index (χ1) is 8.19. The van der Waals surface area contributed by atoms with E-state index in [0.29, 0.717) is 0 Å². The average Bonchev–Trinajstić information content (AvgIpc) is 2.34. The number of hydrogen-bond acceptors (Lipinski definition) is 3. The van der Waals surface area contributed by atoms with Gasteiger partial charge in [-0.3, -0.25) is 5.01 Å². The van der Waals surface area contributed by atoms with E-state index in [1.807, 2.05) is 30.3 Å². The fourth-order valence-electron chi connectivity index (χ4n) is 1.51. The predicted molar refractivity (Wildman–Crippen MR) is 79.5 cm³/mol. The molecule has 17 heavy (non-hydrogen) atoms. The Morgan fingerprint density at radius 3 is 2.71 bits per heavy atom. The zero-order chi connectivity index (χ0) is 13.1. The number of allylic oxidation sites excluding steroid dienone is 2. The van der Waals surface area contributed by atoms with Crippen molar-refractivity contribution in [3.8, 4) is 0 Å². The summed E-state index contributed by atoms with van der Waals surface area (Å²) in [6.07, 6.45) is 7.45. The normalized spacial score (nSPS) is 13.7. The summed E-state index contributed by atoms with van der Waals surface area (Å²) >= 11 is 0. The zero-order valence-electron chi connectivity index (χ0n) is 11.3. The summed E-state index contributed by atoms with van der Waals surface area (Å²) in [4.78, 5) is 0. The Morgan fingerprint density at radius 2 is 2.24 bits per heavy atom. The van der Waals surface area contributed by atoms with Crippen LogP contribution in [0.25, 0.3) is 0 Å². The molecule has 0 rings (SSSR count). The molecule has 0 heterocycles. The molecule has 1 N–H and O–H groups in total. The summed E-state index contributed by atoms with van der Waals surface area (Å²) < 4.78 is 0. The van der Waals surface area contributed by atoms with Crippen molar-refractivity contribution in [2.45, 2.75) is 26.8 Å². The summed E-state index contributed by atoms with van der Waals surface area (Å²) in [6, 6.07) is 0.287. The van der Waals surface area contributed by atoms with Crippen molar-refractivity contribution in [3.63, 3.8) is 0 Å². The number of rotatable bonds is 9. The van der Waals surface area contributed by atoms with Crippen molar-refractivity contribution < 1.29 is 1.43 Å². The van der Waals surface area contributed by atoms with Gasteiger partial charge in [-0.1, -0.05) is 31.4 Å². The lowest BCUT2D eigenvalue weighted by Crippen LogP contribution is -2.34. The summed E-state index contributed by atoms with van der Waals surface area (Å²) in [7, 11) is 0. The predicted octanol–water partition coefficient (Wildman–Crippen LogP) is 2.84. The molecule has 0 aromatic heterocycles. The molecule has 0 aromatic rings. The Bertz CT molecular complexity index is 285. The third-order valence-electron chi connectivity index (χ3n) is 2.51. The summed E-state index contributed by atoms with van der Waals surface area (Å²) in [6.45, 7) is 16.4. The molecule has 3 heteroatoms. The van der Waals surface area contributed by atoms with Gasteiger partial charge in [0.05, 0.1) is 0 Å². The molecule has 0 aromatic carbocycles. The molecule has 0 radical (unpaired) electrons. The highest BCUT2D eigenvalue weighted by Gasteiger charge is 2.04. The smallest absolute Gasteiger partial charge is 0.0485 e. The molecular formula is C14H27N3. The van der Waals surface area contributed by atoms with E-state index >= 15 is 0 Å². The van der Waals surface area contributed by atoms with E-state index in [0.717, 1.165) is 25.2 Å². The summed E-state index contributed by atoms with van der Waals surface area (Å²) in [5, 5.41) is 9.73. The van der Waals surface area contributed by atoms with Crippen LogP contribution in [-0.2, 0) is 0 Å². The third-order valence-corrected chi connectivity index (χ3v) is 2.51. The molecule has 1 atom stereocenters. The third kappa shape index (κ3) is 6.74. The van der Waals surface area contributed by atoms with Crippen LogP contribution in [0.1, 0.15) is 22.2 Å². The fraction of sp³-hybridized carbons (Fsp3) is 0.500. The van der Waals surface area contributed by atoms with Gasteiger partial charge in [0.25, 0.3) is 0 Å². The molecule has 3 nitrogen and oxygen atoms in total. The zero-order valence-corrected chi connectivity index (χ0v) is 11.3. The van der Waals surface area contributed by atoms with Gasteiger partial charge in [-0.25, -0.2) is 0 Å². The van der Waals surface area contributed by atoms with Crippen molar-refractivity contribution in [3.05, 3.63) is 37.0 Å². The highest BCUT2D eigenvalue weighted by Crippen LogP contribution is 2.03. The van der Waals surface area contributed by atoms with E-state index in [2.05, 4.69) is 37.4 Å². The minimum atomic E-state index is 0. The molecule has 0 amide bonds. The second-order valence-electron chi connectivity index (χ2n) is 3.70. The van der Waals surface area contributed by atoms with E-state index < -0.39 is 0 Å². The molecule has 0 spiro atoms. The van der Waals surface area contributed by atoms with Gasteiger partial charge in [0.2, 0.25) is 0 Å². The van der Waals surface area contributed by atoms with Crippen LogP contribution in [0.3, 0.4) is 0 Å². The molecule has 0 aliphatic rings. The Kier molecular flexibility index (Phi) is 9.06. The molecule has 0 aliphatic heterocycles. The highest BCUT2D eigenvalue weighted by molar-refractivity contribution is 5.52. The maximum absolute atomic E-state index is 4.26. The first-order valence-electron chi connectivity index (χ1n) is 6.11. The van der Waals surface area contributed by atoms with Gasteiger partial charge < -0.3 is 5.32 Å². The standard InChI is InChI=1S/C14H25N3.H2/c1-6-10-14(7-2)13(5)15-11-12-17(9-4)16-8-3;/h6-8,10,13,15H,1-2,9,11-12H2,3-5H3;1H/b14-10+,16-8-;/t13-;/m1./s1. The van der Waals surface area contributed by atoms with Crippen LogP contribution in [0, 0.1) is 0 Å². The van der Waals surface area contributed by atoms with Crippen LogP contribution < -0.4 is 5.32 Å². The number of hydrazone groups is 1. The molecular weight excluding hydrogens is 210 g/mol. The minimum absolute atomic E-state index is 0. The Labute approximate surface area is 107 Å². The molecule has 0 fully saturated rings. The second-order valence-corrected chi connectivity index (χ2v) is 3.70. The second kappa shape index (κ2) is 9.85. The largest absolute Gasteiger partial charge is 0.308 e. The van der Waals surface area contributed by atoms with Crippen molar-refractivity contribution in [2.24, 2.45) is 5.10 Å². The maximum atomic E-state index is 4.26. The van der Waals surface area contributed by atoms with Gasteiger partial charge in [0.1, 0.15) is 0 Å². The van der Waals surface area contributed by atoms with E-state index in [9.17, 15) is 0 Å². The van der Waals surface area contributed by atoms with Crippen LogP contribution in [0.4, 0.5) is 0 Å². The van der Waals surface area contributed by atoms with Crippen molar-refractivity contribution >= 4 is 6.21 Å². The Morgan fingerprint density at radius 1 is 1.53 bits per heavy atom. The lowest BCUT2D eigenvalue weighted by molar-refractivity contribution is 0.301. The van der Waals surface area contributed by atoms with Crippen LogP contribution in [0.15, 0.2) is 42.1 Å². The molecule has 0 saturated heterocycles. The molecule has 0 aliphatic carbocycles. The monoisotopic (exact) mass is 237 g/mol. The van der Waals surface area contributed by atoms with E-state index in [1.54, 1.807) is 6.08 Å². The quantitative estimate of drug-likeness (QED) is 0.379. The van der Waals surface area contributed by atoms with Gasteiger partial charge >= 0.3 is 0 Å².